The van der Waals surface area contributed by atoms with Crippen LogP contribution in [0.5, 0.6) is 0 Å². The quantitative estimate of drug-likeness (QED) is 0.879. The van der Waals surface area contributed by atoms with Gasteiger partial charge in [0.1, 0.15) is 0 Å². The Balaban J connectivity index is 1.87. The zero-order valence-corrected chi connectivity index (χ0v) is 13.2. The number of likely N-dealkylation sites (tertiary alicyclic amines) is 1. The first kappa shape index (κ1) is 16.5. The van der Waals surface area contributed by atoms with Crippen LogP contribution in [0.25, 0.3) is 0 Å². The van der Waals surface area contributed by atoms with Crippen molar-refractivity contribution < 1.29 is 9.59 Å². The van der Waals surface area contributed by atoms with Crippen molar-refractivity contribution in [2.75, 3.05) is 30.3 Å². The lowest BCUT2D eigenvalue weighted by atomic mass is 10.2. The molecule has 0 unspecified atom stereocenters. The summed E-state index contributed by atoms with van der Waals surface area (Å²) in [4.78, 5) is 25.8. The molecule has 22 heavy (non-hydrogen) atoms. The van der Waals surface area contributed by atoms with Crippen LogP contribution in [0.3, 0.4) is 0 Å². The number of carbonyl (C=O) groups is 2. The smallest absolute Gasteiger partial charge is 0.238 e. The Morgan fingerprint density at radius 2 is 1.59 bits per heavy atom. The summed E-state index contributed by atoms with van der Waals surface area (Å²) >= 11 is 0. The summed E-state index contributed by atoms with van der Waals surface area (Å²) in [7, 11) is 0. The number of nitrogens with one attached hydrogen (secondary N) is 2. The number of carbonyl (C=O) groups excluding carboxylic acids is 2. The highest BCUT2D eigenvalue weighted by molar-refractivity contribution is 5.94. The molecule has 0 atom stereocenters. The van der Waals surface area contributed by atoms with E-state index < -0.39 is 0 Å². The molecule has 5 nitrogen and oxygen atoms in total. The van der Waals surface area contributed by atoms with E-state index in [9.17, 15) is 9.59 Å². The third kappa shape index (κ3) is 5.48. The summed E-state index contributed by atoms with van der Waals surface area (Å²) in [5.41, 5.74) is 1.42. The van der Waals surface area contributed by atoms with E-state index >= 15 is 0 Å². The maximum atomic E-state index is 12.1. The van der Waals surface area contributed by atoms with Gasteiger partial charge in [0.2, 0.25) is 11.8 Å². The van der Waals surface area contributed by atoms with E-state index in [1.807, 2.05) is 25.1 Å². The molecule has 1 aliphatic rings. The fraction of sp³-hybridized carbons (Fsp3) is 0.529. The Bertz CT molecular complexity index is 508. The zero-order valence-electron chi connectivity index (χ0n) is 13.2. The monoisotopic (exact) mass is 303 g/mol. The molecule has 0 aliphatic carbocycles. The van der Waals surface area contributed by atoms with Crippen LogP contribution in [0, 0.1) is 0 Å². The molecule has 1 aromatic rings. The minimum absolute atomic E-state index is 0.000804. The van der Waals surface area contributed by atoms with E-state index in [4.69, 9.17) is 0 Å². The number of hydrogen-bond donors (Lipinski definition) is 2. The summed E-state index contributed by atoms with van der Waals surface area (Å²) in [5, 5.41) is 5.70. The molecular formula is C17H25N3O2. The van der Waals surface area contributed by atoms with E-state index in [1.54, 1.807) is 6.07 Å². The van der Waals surface area contributed by atoms with E-state index in [0.29, 0.717) is 24.3 Å². The first-order valence-corrected chi connectivity index (χ1v) is 8.09. The molecule has 1 aromatic carbocycles. The van der Waals surface area contributed by atoms with Gasteiger partial charge < -0.3 is 10.6 Å². The molecule has 1 saturated heterocycles. The number of rotatable bonds is 5. The lowest BCUT2D eigenvalue weighted by Crippen LogP contribution is -2.33. The highest BCUT2D eigenvalue weighted by Gasteiger charge is 2.13. The number of anilines is 2. The summed E-state index contributed by atoms with van der Waals surface area (Å²) in [5.74, 6) is -0.0334. The Morgan fingerprint density at radius 1 is 1.00 bits per heavy atom. The molecule has 2 N–H and O–H groups in total. The van der Waals surface area contributed by atoms with E-state index in [0.717, 1.165) is 13.1 Å². The average Bonchev–Trinajstić information content (AvgIpc) is 2.76. The van der Waals surface area contributed by atoms with Crippen molar-refractivity contribution in [2.45, 2.75) is 39.0 Å². The summed E-state index contributed by atoms with van der Waals surface area (Å²) < 4.78 is 0. The first-order chi connectivity index (χ1) is 10.7. The van der Waals surface area contributed by atoms with Gasteiger partial charge in [-0.25, -0.2) is 0 Å². The van der Waals surface area contributed by atoms with Crippen LogP contribution in [0.15, 0.2) is 24.3 Å². The maximum Gasteiger partial charge on any atom is 0.238 e. The second-order valence-electron chi connectivity index (χ2n) is 5.72. The number of nitrogens with zero attached hydrogens (tertiary/aromatic N) is 1. The normalized spacial score (nSPS) is 15.9. The number of hydrogen-bond acceptors (Lipinski definition) is 3. The van der Waals surface area contributed by atoms with Crippen LogP contribution < -0.4 is 10.6 Å². The molecule has 5 heteroatoms. The van der Waals surface area contributed by atoms with Crippen LogP contribution in [-0.4, -0.2) is 36.3 Å². The van der Waals surface area contributed by atoms with Crippen molar-refractivity contribution in [1.29, 1.82) is 0 Å². The van der Waals surface area contributed by atoms with Gasteiger partial charge >= 0.3 is 0 Å². The minimum Gasteiger partial charge on any atom is -0.326 e. The molecule has 1 aliphatic heterocycles. The van der Waals surface area contributed by atoms with Crippen molar-refractivity contribution in [3.8, 4) is 0 Å². The van der Waals surface area contributed by atoms with Crippen LogP contribution in [-0.2, 0) is 9.59 Å². The average molecular weight is 303 g/mol. The third-order valence-electron chi connectivity index (χ3n) is 3.82. The first-order valence-electron chi connectivity index (χ1n) is 8.09. The van der Waals surface area contributed by atoms with Crippen LogP contribution in [0.2, 0.25) is 0 Å². The zero-order chi connectivity index (χ0) is 15.8. The SMILES string of the molecule is CCC(=O)Nc1cccc(NC(=O)CN2CCCCCC2)c1. The molecule has 0 saturated carbocycles. The van der Waals surface area contributed by atoms with Crippen molar-refractivity contribution >= 4 is 23.2 Å². The molecule has 2 rings (SSSR count). The summed E-state index contributed by atoms with van der Waals surface area (Å²) in [6, 6.07) is 7.26. The molecule has 120 valence electrons. The van der Waals surface area contributed by atoms with Gasteiger partial charge in [-0.3, -0.25) is 14.5 Å². The summed E-state index contributed by atoms with van der Waals surface area (Å²) in [6.07, 6.45) is 5.30. The topological polar surface area (TPSA) is 61.4 Å². The molecule has 2 amide bonds. The third-order valence-corrected chi connectivity index (χ3v) is 3.82. The van der Waals surface area contributed by atoms with Gasteiger partial charge in [0.25, 0.3) is 0 Å². The predicted octanol–water partition coefficient (Wildman–Crippen LogP) is 2.85. The van der Waals surface area contributed by atoms with Gasteiger partial charge in [0.15, 0.2) is 0 Å². The fourth-order valence-corrected chi connectivity index (χ4v) is 2.62. The summed E-state index contributed by atoms with van der Waals surface area (Å²) in [6.45, 7) is 4.24. The Morgan fingerprint density at radius 3 is 2.18 bits per heavy atom. The van der Waals surface area contributed by atoms with E-state index in [-0.39, 0.29) is 11.8 Å². The van der Waals surface area contributed by atoms with Crippen LogP contribution in [0.4, 0.5) is 11.4 Å². The van der Waals surface area contributed by atoms with Gasteiger partial charge in [-0.1, -0.05) is 25.8 Å². The molecule has 0 bridgehead atoms. The fourth-order valence-electron chi connectivity index (χ4n) is 2.62. The van der Waals surface area contributed by atoms with Crippen molar-refractivity contribution in [1.82, 2.24) is 4.90 Å². The Kier molecular flexibility index (Phi) is 6.40. The lowest BCUT2D eigenvalue weighted by molar-refractivity contribution is -0.117. The van der Waals surface area contributed by atoms with Gasteiger partial charge in [-0.2, -0.15) is 0 Å². The molecule has 0 aromatic heterocycles. The second kappa shape index (κ2) is 8.54. The maximum absolute atomic E-state index is 12.1. The van der Waals surface area contributed by atoms with E-state index in [2.05, 4.69) is 15.5 Å². The molecule has 0 radical (unpaired) electrons. The van der Waals surface area contributed by atoms with Crippen molar-refractivity contribution in [3.63, 3.8) is 0 Å². The Labute approximate surface area is 132 Å². The predicted molar refractivity (Wildman–Crippen MR) is 88.9 cm³/mol. The van der Waals surface area contributed by atoms with Crippen LogP contribution in [0.1, 0.15) is 39.0 Å². The minimum atomic E-state index is -0.0342. The van der Waals surface area contributed by atoms with Crippen LogP contribution >= 0.6 is 0 Å². The second-order valence-corrected chi connectivity index (χ2v) is 5.72. The van der Waals surface area contributed by atoms with Crippen molar-refractivity contribution in [3.05, 3.63) is 24.3 Å². The molecule has 1 fully saturated rings. The molecule has 0 spiro atoms. The molecule has 1 heterocycles. The van der Waals surface area contributed by atoms with Gasteiger partial charge in [-0.05, 0) is 44.1 Å². The Hall–Kier alpha value is -1.88. The largest absolute Gasteiger partial charge is 0.326 e. The lowest BCUT2D eigenvalue weighted by Gasteiger charge is -2.19. The highest BCUT2D eigenvalue weighted by atomic mass is 16.2. The highest BCUT2D eigenvalue weighted by Crippen LogP contribution is 2.16. The number of amides is 2. The van der Waals surface area contributed by atoms with Crippen molar-refractivity contribution in [2.24, 2.45) is 0 Å². The molecular weight excluding hydrogens is 278 g/mol. The van der Waals surface area contributed by atoms with Gasteiger partial charge in [0, 0.05) is 17.8 Å². The number of benzene rings is 1. The van der Waals surface area contributed by atoms with Gasteiger partial charge in [0.05, 0.1) is 6.54 Å². The standard InChI is InChI=1S/C17H25N3O2/c1-2-16(21)18-14-8-7-9-15(12-14)19-17(22)13-20-10-5-3-4-6-11-20/h7-9,12H,2-6,10-11,13H2,1H3,(H,18,21)(H,19,22). The van der Waals surface area contributed by atoms with Gasteiger partial charge in [-0.15, -0.1) is 0 Å². The van der Waals surface area contributed by atoms with E-state index in [1.165, 1.54) is 25.7 Å².